The summed E-state index contributed by atoms with van der Waals surface area (Å²) >= 11 is 7.37. The van der Waals surface area contributed by atoms with Crippen molar-refractivity contribution in [1.82, 2.24) is 14.3 Å². The van der Waals surface area contributed by atoms with Crippen molar-refractivity contribution in [2.45, 2.75) is 50.1 Å². The van der Waals surface area contributed by atoms with Crippen LogP contribution in [0.3, 0.4) is 0 Å². The van der Waals surface area contributed by atoms with Crippen molar-refractivity contribution in [1.29, 1.82) is 0 Å². The minimum atomic E-state index is -3.71. The van der Waals surface area contributed by atoms with Crippen LogP contribution in [0.2, 0.25) is 5.02 Å². The molecule has 0 spiro atoms. The number of likely N-dealkylation sites (tertiary alicyclic amines) is 1. The molecule has 1 saturated heterocycles. The molecule has 1 atom stereocenters. The number of hydrogen-bond acceptors (Lipinski definition) is 6. The molecule has 9 heteroatoms. The second kappa shape index (κ2) is 7.99. The Morgan fingerprint density at radius 2 is 2.24 bits per heavy atom. The second-order valence-electron chi connectivity index (χ2n) is 6.13. The molecule has 1 aliphatic rings. The first kappa shape index (κ1) is 18.6. The van der Waals surface area contributed by atoms with E-state index in [1.807, 2.05) is 0 Å². The number of anilines is 1. The van der Waals surface area contributed by atoms with Crippen LogP contribution in [0.5, 0.6) is 0 Å². The maximum atomic E-state index is 12.4. The molecule has 0 aliphatic carbocycles. The highest BCUT2D eigenvalue weighted by Crippen LogP contribution is 2.27. The van der Waals surface area contributed by atoms with Gasteiger partial charge in [-0.2, -0.15) is 4.37 Å². The first-order valence-electron chi connectivity index (χ1n) is 8.31. The van der Waals surface area contributed by atoms with Gasteiger partial charge in [0.1, 0.15) is 6.33 Å². The third-order valence-electron chi connectivity index (χ3n) is 4.51. The van der Waals surface area contributed by atoms with Crippen molar-refractivity contribution < 1.29 is 8.42 Å². The number of sulfonamides is 1. The molecule has 1 aromatic heterocycles. The Balaban J connectivity index is 1.76. The summed E-state index contributed by atoms with van der Waals surface area (Å²) in [5, 5.41) is 0.708. The lowest BCUT2D eigenvalue weighted by molar-refractivity contribution is 0.136. The number of nitrogens with zero attached hydrogens (tertiary/aromatic N) is 3. The zero-order valence-electron chi connectivity index (χ0n) is 14.0. The summed E-state index contributed by atoms with van der Waals surface area (Å²) in [7, 11) is -3.71. The summed E-state index contributed by atoms with van der Waals surface area (Å²) in [4.78, 5) is 6.41. The van der Waals surface area contributed by atoms with E-state index < -0.39 is 10.0 Å². The predicted octanol–water partition coefficient (Wildman–Crippen LogP) is 3.76. The van der Waals surface area contributed by atoms with Crippen LogP contribution >= 0.6 is 23.1 Å². The average molecular weight is 401 g/mol. The molecule has 1 fully saturated rings. The fourth-order valence-electron chi connectivity index (χ4n) is 3.16. The van der Waals surface area contributed by atoms with Crippen molar-refractivity contribution in [3.05, 3.63) is 35.1 Å². The maximum absolute atomic E-state index is 12.4. The van der Waals surface area contributed by atoms with E-state index in [9.17, 15) is 8.42 Å². The van der Waals surface area contributed by atoms with E-state index in [0.717, 1.165) is 36.6 Å². The Morgan fingerprint density at radius 3 is 2.92 bits per heavy atom. The van der Waals surface area contributed by atoms with Gasteiger partial charge in [-0.25, -0.2) is 13.4 Å². The summed E-state index contributed by atoms with van der Waals surface area (Å²) in [5.74, 6) is 0. The lowest BCUT2D eigenvalue weighted by Gasteiger charge is -2.35. The highest BCUT2D eigenvalue weighted by molar-refractivity contribution is 7.93. The van der Waals surface area contributed by atoms with Crippen LogP contribution < -0.4 is 4.72 Å². The highest BCUT2D eigenvalue weighted by atomic mass is 35.5. The van der Waals surface area contributed by atoms with Crippen molar-refractivity contribution in [2.75, 3.05) is 11.3 Å². The zero-order chi connectivity index (χ0) is 17.9. The van der Waals surface area contributed by atoms with Gasteiger partial charge < -0.3 is 0 Å². The lowest BCUT2D eigenvalue weighted by atomic mass is 9.99. The molecule has 0 radical (unpaired) electrons. The first-order chi connectivity index (χ1) is 12.0. The van der Waals surface area contributed by atoms with Crippen LogP contribution in [0.25, 0.3) is 0 Å². The van der Waals surface area contributed by atoms with Crippen LogP contribution in [0.1, 0.15) is 38.2 Å². The molecule has 1 N–H and O–H groups in total. The fraction of sp³-hybridized carbons (Fsp3) is 0.500. The number of benzene rings is 1. The largest absolute Gasteiger partial charge is 0.296 e. The van der Waals surface area contributed by atoms with Crippen molar-refractivity contribution >= 4 is 38.3 Å². The molecule has 1 aromatic carbocycles. The van der Waals surface area contributed by atoms with Crippen LogP contribution in [-0.4, -0.2) is 35.3 Å². The molecule has 3 rings (SSSR count). The minimum absolute atomic E-state index is 0.127. The Hall–Kier alpha value is -1.22. The number of rotatable bonds is 6. The third kappa shape index (κ3) is 4.49. The predicted molar refractivity (Wildman–Crippen MR) is 101 cm³/mol. The normalized spacial score (nSPS) is 19.0. The van der Waals surface area contributed by atoms with Crippen LogP contribution in [-0.2, 0) is 16.6 Å². The molecule has 25 heavy (non-hydrogen) atoms. The molecule has 1 aliphatic heterocycles. The first-order valence-corrected chi connectivity index (χ1v) is 10.9. The highest BCUT2D eigenvalue weighted by Gasteiger charge is 2.22. The van der Waals surface area contributed by atoms with E-state index in [2.05, 4.69) is 25.9 Å². The van der Waals surface area contributed by atoms with Gasteiger partial charge in [-0.3, -0.25) is 9.62 Å². The van der Waals surface area contributed by atoms with Gasteiger partial charge in [-0.05, 0) is 43.5 Å². The Bertz CT molecular complexity index is 812. The molecule has 1 unspecified atom stereocenters. The van der Waals surface area contributed by atoms with Crippen LogP contribution in [0.4, 0.5) is 5.13 Å². The molecular weight excluding hydrogens is 380 g/mol. The molecular formula is C16H21ClN4O2S2. The summed E-state index contributed by atoms with van der Waals surface area (Å²) < 4.78 is 31.0. The van der Waals surface area contributed by atoms with Gasteiger partial charge in [0.2, 0.25) is 5.13 Å². The molecule has 2 aromatic rings. The SMILES string of the molecule is CCC1CCCCN1Cc1ccc(S(=O)(=O)Nc2ncns2)cc1Cl. The van der Waals surface area contributed by atoms with Gasteiger partial charge in [-0.15, -0.1) is 0 Å². The fourth-order valence-corrected chi connectivity index (χ4v) is 5.16. The van der Waals surface area contributed by atoms with E-state index in [1.54, 1.807) is 12.1 Å². The number of hydrogen-bond donors (Lipinski definition) is 1. The van der Waals surface area contributed by atoms with E-state index in [4.69, 9.17) is 11.6 Å². The van der Waals surface area contributed by atoms with E-state index in [-0.39, 0.29) is 10.0 Å². The van der Waals surface area contributed by atoms with Gasteiger partial charge in [-0.1, -0.05) is 31.0 Å². The van der Waals surface area contributed by atoms with Crippen molar-refractivity contribution in [3.8, 4) is 0 Å². The Kier molecular flexibility index (Phi) is 5.93. The molecule has 6 nitrogen and oxygen atoms in total. The van der Waals surface area contributed by atoms with E-state index in [0.29, 0.717) is 11.1 Å². The standard InChI is InChI=1S/C16H21ClN4O2S2/c1-2-13-5-3-4-8-21(13)10-12-6-7-14(9-15(12)17)25(22,23)20-16-18-11-19-24-16/h6-7,9,11,13H,2-5,8,10H2,1H3,(H,18,19,20). The Labute approximate surface area is 157 Å². The molecule has 0 saturated carbocycles. The maximum Gasteiger partial charge on any atom is 0.263 e. The Morgan fingerprint density at radius 1 is 1.40 bits per heavy atom. The van der Waals surface area contributed by atoms with E-state index >= 15 is 0 Å². The van der Waals surface area contributed by atoms with Crippen LogP contribution in [0, 0.1) is 0 Å². The zero-order valence-corrected chi connectivity index (χ0v) is 16.4. The molecule has 0 amide bonds. The lowest BCUT2D eigenvalue weighted by Crippen LogP contribution is -2.38. The average Bonchev–Trinajstić information content (AvgIpc) is 3.09. The molecule has 136 valence electrons. The number of halogens is 1. The van der Waals surface area contributed by atoms with Crippen molar-refractivity contribution in [3.63, 3.8) is 0 Å². The summed E-state index contributed by atoms with van der Waals surface area (Å²) in [6.07, 6.45) is 6.12. The number of aromatic nitrogens is 2. The van der Waals surface area contributed by atoms with Gasteiger partial charge in [0.05, 0.1) is 4.90 Å². The monoisotopic (exact) mass is 400 g/mol. The van der Waals surface area contributed by atoms with Gasteiger partial charge in [0, 0.05) is 29.1 Å². The van der Waals surface area contributed by atoms with Crippen molar-refractivity contribution in [2.24, 2.45) is 0 Å². The molecule has 2 heterocycles. The summed E-state index contributed by atoms with van der Waals surface area (Å²) in [6, 6.07) is 5.48. The van der Waals surface area contributed by atoms with Gasteiger partial charge in [0.15, 0.2) is 0 Å². The number of piperidine rings is 1. The summed E-state index contributed by atoms with van der Waals surface area (Å²) in [6.45, 7) is 4.02. The number of nitrogens with one attached hydrogen (secondary N) is 1. The minimum Gasteiger partial charge on any atom is -0.296 e. The summed E-state index contributed by atoms with van der Waals surface area (Å²) in [5.41, 5.74) is 0.955. The third-order valence-corrected chi connectivity index (χ3v) is 6.91. The topological polar surface area (TPSA) is 75.2 Å². The van der Waals surface area contributed by atoms with E-state index in [1.165, 1.54) is 31.7 Å². The quantitative estimate of drug-likeness (QED) is 0.799. The molecule has 0 bridgehead atoms. The second-order valence-corrected chi connectivity index (χ2v) is 9.00. The smallest absolute Gasteiger partial charge is 0.263 e. The van der Waals surface area contributed by atoms with Crippen LogP contribution in [0.15, 0.2) is 29.4 Å². The van der Waals surface area contributed by atoms with Gasteiger partial charge >= 0.3 is 0 Å². The van der Waals surface area contributed by atoms with Gasteiger partial charge in [0.25, 0.3) is 10.0 Å².